The standard InChI is InChI=1S/C52H32N4S/c1-3-13-33(14-4-1)34-23-25-35(26-24-34)36-27-29-38(30-28-36)55-42-20-10-7-17-39(42)47-44(55)31-32-45-48(47)40-18-8-11-21-43(40)56(45)52-53-49(37-15-5-2-6-16-37)51-50(54-52)41-19-9-12-22-46(41)57-51/h1-32H. The Labute approximate surface area is 332 Å². The number of nitrogens with zero attached hydrogens (tertiary/aromatic N) is 4. The van der Waals surface area contributed by atoms with Gasteiger partial charge in [0.05, 0.1) is 38.0 Å². The van der Waals surface area contributed by atoms with Crippen LogP contribution >= 0.6 is 11.3 Å². The van der Waals surface area contributed by atoms with Crippen LogP contribution in [0.4, 0.5) is 0 Å². The largest absolute Gasteiger partial charge is 0.309 e. The molecule has 266 valence electrons. The number of fused-ring (bicyclic) bond motifs is 10. The molecule has 0 spiro atoms. The molecule has 12 aromatic rings. The van der Waals surface area contributed by atoms with Crippen LogP contribution in [0.1, 0.15) is 0 Å². The highest BCUT2D eigenvalue weighted by molar-refractivity contribution is 7.26. The van der Waals surface area contributed by atoms with Crippen LogP contribution in [0.25, 0.3) is 109 Å². The van der Waals surface area contributed by atoms with E-state index in [0.29, 0.717) is 5.95 Å². The molecule has 0 unspecified atom stereocenters. The van der Waals surface area contributed by atoms with Crippen molar-refractivity contribution in [3.8, 4) is 45.1 Å². The Morgan fingerprint density at radius 1 is 0.351 bits per heavy atom. The molecule has 0 saturated heterocycles. The fraction of sp³-hybridized carbons (Fsp3) is 0. The number of hydrogen-bond donors (Lipinski definition) is 0. The SMILES string of the molecule is c1ccc(-c2ccc(-c3ccc(-n4c5ccccc5c5c6c7ccccc7n(-c7nc(-c8ccccc8)c8sc9ccccc9c8n7)c6ccc54)cc3)cc2)cc1. The molecule has 0 N–H and O–H groups in total. The number of para-hydroxylation sites is 2. The van der Waals surface area contributed by atoms with Gasteiger partial charge in [-0.05, 0) is 64.7 Å². The Morgan fingerprint density at radius 3 is 1.46 bits per heavy atom. The van der Waals surface area contributed by atoms with Gasteiger partial charge in [-0.2, -0.15) is 0 Å². The second-order valence-corrected chi connectivity index (χ2v) is 15.6. The number of hydrogen-bond acceptors (Lipinski definition) is 3. The Bertz CT molecular complexity index is 3490. The van der Waals surface area contributed by atoms with Crippen LogP contribution in [0.2, 0.25) is 0 Å². The van der Waals surface area contributed by atoms with Crippen LogP contribution in [0.5, 0.6) is 0 Å². The highest BCUT2D eigenvalue weighted by atomic mass is 32.1. The smallest absolute Gasteiger partial charge is 0.235 e. The van der Waals surface area contributed by atoms with Crippen molar-refractivity contribution in [2.75, 3.05) is 0 Å². The minimum absolute atomic E-state index is 0.673. The van der Waals surface area contributed by atoms with Gasteiger partial charge in [-0.25, -0.2) is 9.97 Å². The van der Waals surface area contributed by atoms with Crippen LogP contribution in [0.3, 0.4) is 0 Å². The van der Waals surface area contributed by atoms with Crippen molar-refractivity contribution in [3.63, 3.8) is 0 Å². The highest BCUT2D eigenvalue weighted by Crippen LogP contribution is 2.44. The van der Waals surface area contributed by atoms with E-state index in [4.69, 9.17) is 9.97 Å². The van der Waals surface area contributed by atoms with E-state index in [1.54, 1.807) is 11.3 Å². The summed E-state index contributed by atoms with van der Waals surface area (Å²) in [4.78, 5) is 10.8. The van der Waals surface area contributed by atoms with Gasteiger partial charge in [0, 0.05) is 42.9 Å². The maximum absolute atomic E-state index is 5.41. The Balaban J connectivity index is 1.06. The molecule has 0 saturated carbocycles. The molecule has 0 aliphatic carbocycles. The molecule has 0 radical (unpaired) electrons. The molecule has 12 rings (SSSR count). The van der Waals surface area contributed by atoms with Crippen molar-refractivity contribution in [1.82, 2.24) is 19.1 Å². The predicted molar refractivity (Wildman–Crippen MR) is 240 cm³/mol. The second kappa shape index (κ2) is 12.6. The summed E-state index contributed by atoms with van der Waals surface area (Å²) in [7, 11) is 0. The lowest BCUT2D eigenvalue weighted by atomic mass is 10.0. The van der Waals surface area contributed by atoms with Crippen molar-refractivity contribution in [3.05, 3.63) is 194 Å². The van der Waals surface area contributed by atoms with E-state index < -0.39 is 0 Å². The zero-order valence-corrected chi connectivity index (χ0v) is 31.5. The van der Waals surface area contributed by atoms with E-state index in [-0.39, 0.29) is 0 Å². The molecule has 4 nitrogen and oxygen atoms in total. The molecule has 4 heterocycles. The van der Waals surface area contributed by atoms with Gasteiger partial charge in [-0.1, -0.05) is 152 Å². The Kier molecular flexibility index (Phi) is 7.06. The fourth-order valence-corrected chi connectivity index (χ4v) is 9.93. The molecule has 0 fully saturated rings. The maximum atomic E-state index is 5.41. The second-order valence-electron chi connectivity index (χ2n) is 14.6. The molecule has 0 aliphatic heterocycles. The highest BCUT2D eigenvalue weighted by Gasteiger charge is 2.23. The summed E-state index contributed by atoms with van der Waals surface area (Å²) < 4.78 is 6.99. The zero-order chi connectivity index (χ0) is 37.5. The van der Waals surface area contributed by atoms with Crippen molar-refractivity contribution in [2.24, 2.45) is 0 Å². The number of rotatable bonds is 5. The molecule has 0 aliphatic rings. The van der Waals surface area contributed by atoms with Crippen LogP contribution in [-0.2, 0) is 0 Å². The van der Waals surface area contributed by atoms with Gasteiger partial charge in [0.25, 0.3) is 0 Å². The number of aromatic nitrogens is 4. The lowest BCUT2D eigenvalue weighted by Crippen LogP contribution is -2.02. The van der Waals surface area contributed by atoms with E-state index in [1.807, 2.05) is 0 Å². The quantitative estimate of drug-likeness (QED) is 0.176. The maximum Gasteiger partial charge on any atom is 0.235 e. The summed E-state index contributed by atoms with van der Waals surface area (Å²) in [5.41, 5.74) is 13.5. The van der Waals surface area contributed by atoms with Crippen molar-refractivity contribution < 1.29 is 0 Å². The number of benzene rings is 8. The normalized spacial score (nSPS) is 11.9. The minimum atomic E-state index is 0.673. The van der Waals surface area contributed by atoms with Gasteiger partial charge >= 0.3 is 0 Å². The average Bonchev–Trinajstić information content (AvgIpc) is 3.94. The number of thiophene rings is 1. The molecule has 5 heteroatoms. The molecule has 0 bridgehead atoms. The van der Waals surface area contributed by atoms with Crippen molar-refractivity contribution in [2.45, 2.75) is 0 Å². The predicted octanol–water partition coefficient (Wildman–Crippen LogP) is 14.0. The molecular formula is C52H32N4S. The van der Waals surface area contributed by atoms with Gasteiger partial charge in [0.1, 0.15) is 0 Å². The first-order valence-electron chi connectivity index (χ1n) is 19.3. The Morgan fingerprint density at radius 2 is 0.825 bits per heavy atom. The molecule has 8 aromatic carbocycles. The average molecular weight is 745 g/mol. The summed E-state index contributed by atoms with van der Waals surface area (Å²) in [5.74, 6) is 0.673. The first-order valence-corrected chi connectivity index (χ1v) is 20.1. The first kappa shape index (κ1) is 32.0. The van der Waals surface area contributed by atoms with Gasteiger partial charge in [-0.3, -0.25) is 4.57 Å². The molecule has 0 amide bonds. The summed E-state index contributed by atoms with van der Waals surface area (Å²) in [6.07, 6.45) is 0. The summed E-state index contributed by atoms with van der Waals surface area (Å²) >= 11 is 1.76. The lowest BCUT2D eigenvalue weighted by molar-refractivity contribution is 1.02. The van der Waals surface area contributed by atoms with E-state index in [0.717, 1.165) is 49.1 Å². The monoisotopic (exact) mass is 744 g/mol. The first-order chi connectivity index (χ1) is 28.3. The zero-order valence-electron chi connectivity index (χ0n) is 30.7. The third kappa shape index (κ3) is 4.93. The lowest BCUT2D eigenvalue weighted by Gasteiger charge is -2.11. The molecule has 0 atom stereocenters. The van der Waals surface area contributed by atoms with E-state index in [2.05, 4.69) is 203 Å². The molecular weight excluding hydrogens is 713 g/mol. The van der Waals surface area contributed by atoms with Crippen molar-refractivity contribution in [1.29, 1.82) is 0 Å². The Hall–Kier alpha value is -7.34. The van der Waals surface area contributed by atoms with Crippen LogP contribution in [0, 0.1) is 0 Å². The topological polar surface area (TPSA) is 35.6 Å². The summed E-state index contributed by atoms with van der Waals surface area (Å²) in [6.45, 7) is 0. The van der Waals surface area contributed by atoms with Crippen LogP contribution < -0.4 is 0 Å². The van der Waals surface area contributed by atoms with Crippen LogP contribution in [-0.4, -0.2) is 19.1 Å². The molecule has 57 heavy (non-hydrogen) atoms. The van der Waals surface area contributed by atoms with Gasteiger partial charge < -0.3 is 4.57 Å². The van der Waals surface area contributed by atoms with Crippen LogP contribution in [0.15, 0.2) is 194 Å². The van der Waals surface area contributed by atoms with Gasteiger partial charge in [0.15, 0.2) is 0 Å². The van der Waals surface area contributed by atoms with E-state index >= 15 is 0 Å². The van der Waals surface area contributed by atoms with E-state index in [9.17, 15) is 0 Å². The summed E-state index contributed by atoms with van der Waals surface area (Å²) in [6, 6.07) is 69.5. The minimum Gasteiger partial charge on any atom is -0.309 e. The third-order valence-corrected chi connectivity index (χ3v) is 12.5. The molecule has 4 aromatic heterocycles. The fourth-order valence-electron chi connectivity index (χ4n) is 8.77. The summed E-state index contributed by atoms with van der Waals surface area (Å²) in [5, 5.41) is 5.97. The van der Waals surface area contributed by atoms with Crippen molar-refractivity contribution >= 4 is 75.3 Å². The van der Waals surface area contributed by atoms with E-state index in [1.165, 1.54) is 54.0 Å². The third-order valence-electron chi connectivity index (χ3n) is 11.4. The van der Waals surface area contributed by atoms with Gasteiger partial charge in [-0.15, -0.1) is 11.3 Å². The van der Waals surface area contributed by atoms with Gasteiger partial charge in [0.2, 0.25) is 5.95 Å².